The molecule has 19 heavy (non-hydrogen) atoms. The van der Waals surface area contributed by atoms with Gasteiger partial charge in [-0.25, -0.2) is 12.8 Å². The van der Waals surface area contributed by atoms with Gasteiger partial charge in [0, 0.05) is 12.4 Å². The van der Waals surface area contributed by atoms with Gasteiger partial charge in [-0.15, -0.1) is 0 Å². The van der Waals surface area contributed by atoms with E-state index in [0.29, 0.717) is 5.56 Å². The van der Waals surface area contributed by atoms with Gasteiger partial charge in [0.1, 0.15) is 5.82 Å². The molecular formula is C12H10ClFN2O2S. The number of aromatic nitrogens is 1. The Morgan fingerprint density at radius 2 is 2.05 bits per heavy atom. The minimum atomic E-state index is -3.69. The topological polar surface area (TPSA) is 73.1 Å². The van der Waals surface area contributed by atoms with Gasteiger partial charge in [-0.2, -0.15) is 0 Å². The van der Waals surface area contributed by atoms with Crippen LogP contribution in [0.4, 0.5) is 10.1 Å². The summed E-state index contributed by atoms with van der Waals surface area (Å²) in [5.74, 6) is -0.900. The molecule has 1 aromatic heterocycles. The molecule has 0 amide bonds. The third-order valence-electron chi connectivity index (χ3n) is 2.51. The van der Waals surface area contributed by atoms with Crippen molar-refractivity contribution in [3.05, 3.63) is 53.1 Å². The molecule has 7 heteroatoms. The molecule has 1 aromatic carbocycles. The fraction of sp³-hybridized carbons (Fsp3) is 0.0833. The van der Waals surface area contributed by atoms with Crippen molar-refractivity contribution in [3.63, 3.8) is 0 Å². The van der Waals surface area contributed by atoms with Gasteiger partial charge in [-0.1, -0.05) is 11.6 Å². The van der Waals surface area contributed by atoms with Crippen LogP contribution in [0.2, 0.25) is 5.02 Å². The van der Waals surface area contributed by atoms with E-state index in [1.54, 1.807) is 0 Å². The Bertz CT molecular complexity index is 719. The van der Waals surface area contributed by atoms with Crippen molar-refractivity contribution in [1.82, 2.24) is 4.98 Å². The Balaban J connectivity index is 2.41. The number of halogens is 2. The minimum Gasteiger partial charge on any atom is -0.398 e. The predicted octanol–water partition coefficient (Wildman–Crippen LogP) is 2.43. The number of nitrogens with two attached hydrogens (primary N) is 1. The van der Waals surface area contributed by atoms with Crippen LogP contribution in [-0.4, -0.2) is 13.4 Å². The fourth-order valence-electron chi connectivity index (χ4n) is 1.61. The van der Waals surface area contributed by atoms with Crippen molar-refractivity contribution >= 4 is 27.1 Å². The summed E-state index contributed by atoms with van der Waals surface area (Å²) in [5.41, 5.74) is 5.83. The van der Waals surface area contributed by atoms with E-state index in [1.165, 1.54) is 18.5 Å². The van der Waals surface area contributed by atoms with Gasteiger partial charge in [-0.05, 0) is 29.8 Å². The van der Waals surface area contributed by atoms with Crippen LogP contribution >= 0.6 is 11.6 Å². The number of hydrogen-bond acceptors (Lipinski definition) is 4. The molecular weight excluding hydrogens is 291 g/mol. The minimum absolute atomic E-state index is 0.109. The van der Waals surface area contributed by atoms with Crippen LogP contribution in [0, 0.1) is 5.82 Å². The lowest BCUT2D eigenvalue weighted by Gasteiger charge is -2.08. The van der Waals surface area contributed by atoms with Crippen molar-refractivity contribution < 1.29 is 12.8 Å². The van der Waals surface area contributed by atoms with Gasteiger partial charge in [0.05, 0.1) is 21.4 Å². The molecule has 0 bridgehead atoms. The number of hydrogen-bond donors (Lipinski definition) is 1. The Hall–Kier alpha value is -1.66. The van der Waals surface area contributed by atoms with E-state index in [9.17, 15) is 12.8 Å². The molecule has 2 N–H and O–H groups in total. The maximum Gasteiger partial charge on any atom is 0.184 e. The Morgan fingerprint density at radius 1 is 1.32 bits per heavy atom. The average Bonchev–Trinajstić information content (AvgIpc) is 2.31. The summed E-state index contributed by atoms with van der Waals surface area (Å²) in [7, 11) is -3.69. The zero-order valence-electron chi connectivity index (χ0n) is 9.68. The van der Waals surface area contributed by atoms with Crippen LogP contribution in [0.1, 0.15) is 5.56 Å². The zero-order valence-corrected chi connectivity index (χ0v) is 11.2. The molecule has 2 rings (SSSR count). The molecule has 4 nitrogen and oxygen atoms in total. The van der Waals surface area contributed by atoms with Gasteiger partial charge in [-0.3, -0.25) is 4.98 Å². The highest BCUT2D eigenvalue weighted by atomic mass is 35.5. The van der Waals surface area contributed by atoms with Crippen molar-refractivity contribution in [2.45, 2.75) is 10.6 Å². The monoisotopic (exact) mass is 300 g/mol. The first-order valence-electron chi connectivity index (χ1n) is 5.26. The molecule has 100 valence electrons. The highest BCUT2D eigenvalue weighted by Crippen LogP contribution is 2.25. The van der Waals surface area contributed by atoms with E-state index in [4.69, 9.17) is 17.3 Å². The van der Waals surface area contributed by atoms with Gasteiger partial charge in [0.25, 0.3) is 0 Å². The van der Waals surface area contributed by atoms with Crippen molar-refractivity contribution in [1.29, 1.82) is 0 Å². The smallest absolute Gasteiger partial charge is 0.184 e. The molecule has 0 atom stereocenters. The van der Waals surface area contributed by atoms with Crippen LogP contribution in [0.5, 0.6) is 0 Å². The summed E-state index contributed by atoms with van der Waals surface area (Å²) >= 11 is 5.86. The van der Waals surface area contributed by atoms with Crippen LogP contribution in [0.3, 0.4) is 0 Å². The van der Waals surface area contributed by atoms with E-state index in [-0.39, 0.29) is 21.4 Å². The van der Waals surface area contributed by atoms with Gasteiger partial charge < -0.3 is 5.73 Å². The predicted molar refractivity (Wildman–Crippen MR) is 70.9 cm³/mol. The van der Waals surface area contributed by atoms with Gasteiger partial charge in [0.15, 0.2) is 9.84 Å². The summed E-state index contributed by atoms with van der Waals surface area (Å²) in [5, 5.41) is 0.256. The van der Waals surface area contributed by atoms with E-state index in [1.807, 2.05) is 0 Å². The number of nitrogens with zero attached hydrogens (tertiary/aromatic N) is 1. The van der Waals surface area contributed by atoms with Gasteiger partial charge in [0.2, 0.25) is 0 Å². The lowest BCUT2D eigenvalue weighted by Crippen LogP contribution is -2.08. The molecule has 0 unspecified atom stereocenters. The van der Waals surface area contributed by atoms with Crippen LogP contribution in [-0.2, 0) is 15.6 Å². The first-order chi connectivity index (χ1) is 8.90. The number of sulfone groups is 1. The quantitative estimate of drug-likeness (QED) is 0.698. The standard InChI is InChI=1S/C12H10ClFN2O2S/c13-10-6-16-4-3-8(10)7-19(17,18)12-2-1-9(14)5-11(12)15/h1-6H,7,15H2. The van der Waals surface area contributed by atoms with E-state index in [2.05, 4.69) is 4.98 Å². The van der Waals surface area contributed by atoms with Crippen LogP contribution in [0.25, 0.3) is 0 Å². The summed E-state index contributed by atoms with van der Waals surface area (Å²) in [6.45, 7) is 0. The Morgan fingerprint density at radius 3 is 2.68 bits per heavy atom. The molecule has 0 saturated heterocycles. The van der Waals surface area contributed by atoms with Gasteiger partial charge >= 0.3 is 0 Å². The van der Waals surface area contributed by atoms with Crippen molar-refractivity contribution in [2.75, 3.05) is 5.73 Å². The molecule has 2 aromatic rings. The molecule has 0 aliphatic carbocycles. The second kappa shape index (κ2) is 5.14. The molecule has 0 saturated carbocycles. The second-order valence-electron chi connectivity index (χ2n) is 3.91. The highest BCUT2D eigenvalue weighted by Gasteiger charge is 2.20. The largest absolute Gasteiger partial charge is 0.398 e. The summed E-state index contributed by atoms with van der Waals surface area (Å²) in [6.07, 6.45) is 2.81. The maximum absolute atomic E-state index is 12.9. The normalized spacial score (nSPS) is 11.5. The first kappa shape index (κ1) is 13.8. The number of pyridine rings is 1. The molecule has 1 heterocycles. The van der Waals surface area contributed by atoms with E-state index < -0.39 is 15.7 Å². The summed E-state index contributed by atoms with van der Waals surface area (Å²) < 4.78 is 37.3. The molecule has 0 radical (unpaired) electrons. The number of anilines is 1. The first-order valence-corrected chi connectivity index (χ1v) is 7.29. The van der Waals surface area contributed by atoms with Crippen LogP contribution in [0.15, 0.2) is 41.6 Å². The average molecular weight is 301 g/mol. The Kier molecular flexibility index (Phi) is 3.73. The third kappa shape index (κ3) is 3.02. The SMILES string of the molecule is Nc1cc(F)ccc1S(=O)(=O)Cc1ccncc1Cl. The van der Waals surface area contributed by atoms with Crippen LogP contribution < -0.4 is 5.73 Å². The second-order valence-corrected chi connectivity index (χ2v) is 6.27. The highest BCUT2D eigenvalue weighted by molar-refractivity contribution is 7.90. The number of benzene rings is 1. The number of nitrogen functional groups attached to an aromatic ring is 1. The Labute approximate surface area is 115 Å². The molecule has 0 spiro atoms. The third-order valence-corrected chi connectivity index (χ3v) is 4.58. The molecule has 0 aliphatic heterocycles. The van der Waals surface area contributed by atoms with E-state index in [0.717, 1.165) is 18.2 Å². The molecule has 0 fully saturated rings. The zero-order chi connectivity index (χ0) is 14.0. The van der Waals surface area contributed by atoms with E-state index >= 15 is 0 Å². The lowest BCUT2D eigenvalue weighted by atomic mass is 10.3. The maximum atomic E-state index is 12.9. The number of rotatable bonds is 3. The van der Waals surface area contributed by atoms with Crippen molar-refractivity contribution in [3.8, 4) is 0 Å². The fourth-order valence-corrected chi connectivity index (χ4v) is 3.38. The van der Waals surface area contributed by atoms with Crippen molar-refractivity contribution in [2.24, 2.45) is 0 Å². The lowest BCUT2D eigenvalue weighted by molar-refractivity contribution is 0.594. The summed E-state index contributed by atoms with van der Waals surface area (Å²) in [6, 6.07) is 4.69. The molecule has 0 aliphatic rings. The summed E-state index contributed by atoms with van der Waals surface area (Å²) in [4.78, 5) is 3.67.